The average Bonchev–Trinajstić information content (AvgIpc) is 2.75. The summed E-state index contributed by atoms with van der Waals surface area (Å²) in [7, 11) is 0. The van der Waals surface area contributed by atoms with Crippen molar-refractivity contribution in [1.29, 1.82) is 0 Å². The van der Waals surface area contributed by atoms with Crippen molar-refractivity contribution < 1.29 is 0 Å². The lowest BCUT2D eigenvalue weighted by molar-refractivity contribution is 0.128. The van der Waals surface area contributed by atoms with Gasteiger partial charge in [0, 0.05) is 54.4 Å². The van der Waals surface area contributed by atoms with Gasteiger partial charge in [0.1, 0.15) is 5.82 Å². The number of aromatic nitrogens is 2. The van der Waals surface area contributed by atoms with E-state index in [0.717, 1.165) is 31.4 Å². The first kappa shape index (κ1) is 14.2. The predicted molar refractivity (Wildman–Crippen MR) is 90.2 cm³/mol. The van der Waals surface area contributed by atoms with E-state index in [0.29, 0.717) is 6.04 Å². The maximum Gasteiger partial charge on any atom is 0.147 e. The highest BCUT2D eigenvalue weighted by atomic mass is 32.1. The number of hydrogen-bond donors (Lipinski definition) is 0. The third-order valence-electron chi connectivity index (χ3n) is 4.86. The standard InChI is InChI=1S/C17H22N4S/c1-13-2-5-16(22-13)12-20-9-14-3-4-15(20)11-21(10-14)17-8-18-6-7-19-17/h2,5-8,14-15H,3-4,9-12H2,1H3/t14-,15-/m0/s1. The molecule has 5 heterocycles. The molecule has 0 N–H and O–H groups in total. The molecule has 0 amide bonds. The number of fused-ring (bicyclic) bond motifs is 4. The van der Waals surface area contributed by atoms with Gasteiger partial charge in [-0.2, -0.15) is 0 Å². The molecule has 3 saturated heterocycles. The summed E-state index contributed by atoms with van der Waals surface area (Å²) in [5.41, 5.74) is 0. The number of rotatable bonds is 3. The lowest BCUT2D eigenvalue weighted by Crippen LogP contribution is -2.43. The summed E-state index contributed by atoms with van der Waals surface area (Å²) in [5.74, 6) is 1.79. The fraction of sp³-hybridized carbons (Fsp3) is 0.529. The second-order valence-corrected chi connectivity index (χ2v) is 7.88. The van der Waals surface area contributed by atoms with E-state index >= 15 is 0 Å². The molecule has 4 nitrogen and oxygen atoms in total. The van der Waals surface area contributed by atoms with Crippen molar-refractivity contribution in [1.82, 2.24) is 14.9 Å². The predicted octanol–water partition coefficient (Wildman–Crippen LogP) is 2.95. The van der Waals surface area contributed by atoms with Crippen LogP contribution in [-0.4, -0.2) is 40.5 Å². The molecule has 0 unspecified atom stereocenters. The minimum atomic E-state index is 0.642. The van der Waals surface area contributed by atoms with Crippen LogP contribution in [-0.2, 0) is 6.54 Å². The molecule has 0 radical (unpaired) electrons. The van der Waals surface area contributed by atoms with Crippen LogP contribution in [0.1, 0.15) is 22.6 Å². The number of thiophene rings is 1. The van der Waals surface area contributed by atoms with Gasteiger partial charge in [-0.05, 0) is 37.8 Å². The fourth-order valence-electron chi connectivity index (χ4n) is 3.78. The molecule has 3 aliphatic rings. The zero-order valence-electron chi connectivity index (χ0n) is 13.0. The second kappa shape index (κ2) is 5.97. The second-order valence-electron chi connectivity index (χ2n) is 6.51. The third-order valence-corrected chi connectivity index (χ3v) is 5.84. The van der Waals surface area contributed by atoms with Gasteiger partial charge in [0.15, 0.2) is 0 Å². The molecule has 5 heteroatoms. The van der Waals surface area contributed by atoms with Crippen molar-refractivity contribution in [2.24, 2.45) is 5.92 Å². The summed E-state index contributed by atoms with van der Waals surface area (Å²) in [5, 5.41) is 0. The number of piperidine rings is 1. The van der Waals surface area contributed by atoms with Gasteiger partial charge < -0.3 is 4.90 Å². The molecule has 0 spiro atoms. The molecule has 0 aromatic carbocycles. The largest absolute Gasteiger partial charge is 0.353 e. The van der Waals surface area contributed by atoms with Gasteiger partial charge in [-0.15, -0.1) is 11.3 Å². The summed E-state index contributed by atoms with van der Waals surface area (Å²) in [6.07, 6.45) is 8.11. The lowest BCUT2D eigenvalue weighted by Gasteiger charge is -2.35. The van der Waals surface area contributed by atoms with Crippen molar-refractivity contribution in [2.45, 2.75) is 32.4 Å². The Morgan fingerprint density at radius 3 is 2.91 bits per heavy atom. The summed E-state index contributed by atoms with van der Waals surface area (Å²) in [6, 6.07) is 5.17. The van der Waals surface area contributed by atoms with Gasteiger partial charge in [-0.3, -0.25) is 9.88 Å². The Labute approximate surface area is 135 Å². The molecule has 3 aliphatic heterocycles. The van der Waals surface area contributed by atoms with E-state index in [2.05, 4.69) is 38.8 Å². The first-order valence-electron chi connectivity index (χ1n) is 8.08. The first-order valence-corrected chi connectivity index (χ1v) is 8.90. The minimum Gasteiger partial charge on any atom is -0.353 e. The fourth-order valence-corrected chi connectivity index (χ4v) is 4.70. The Morgan fingerprint density at radius 2 is 2.14 bits per heavy atom. The van der Waals surface area contributed by atoms with Crippen LogP contribution < -0.4 is 4.90 Å². The van der Waals surface area contributed by atoms with E-state index in [1.165, 1.54) is 29.1 Å². The molecule has 0 aliphatic carbocycles. The number of nitrogens with zero attached hydrogens (tertiary/aromatic N) is 4. The summed E-state index contributed by atoms with van der Waals surface area (Å²) in [4.78, 5) is 16.8. The Kier molecular flexibility index (Phi) is 3.84. The van der Waals surface area contributed by atoms with E-state index in [1.54, 1.807) is 12.4 Å². The van der Waals surface area contributed by atoms with Gasteiger partial charge in [-0.1, -0.05) is 0 Å². The third kappa shape index (κ3) is 2.88. The molecular weight excluding hydrogens is 292 g/mol. The normalized spacial score (nSPS) is 25.4. The van der Waals surface area contributed by atoms with Crippen molar-refractivity contribution in [3.63, 3.8) is 0 Å². The molecule has 116 valence electrons. The van der Waals surface area contributed by atoms with Gasteiger partial charge in [0.05, 0.1) is 6.20 Å². The topological polar surface area (TPSA) is 32.3 Å². The molecule has 0 saturated carbocycles. The molecule has 2 bridgehead atoms. The number of aryl methyl sites for hydroxylation is 1. The van der Waals surface area contributed by atoms with Crippen LogP contribution >= 0.6 is 11.3 Å². The average molecular weight is 314 g/mol. The number of anilines is 1. The van der Waals surface area contributed by atoms with Crippen molar-refractivity contribution in [3.05, 3.63) is 40.5 Å². The highest BCUT2D eigenvalue weighted by molar-refractivity contribution is 7.11. The smallest absolute Gasteiger partial charge is 0.147 e. The highest BCUT2D eigenvalue weighted by Crippen LogP contribution is 2.31. The summed E-state index contributed by atoms with van der Waals surface area (Å²) >= 11 is 1.94. The van der Waals surface area contributed by atoms with Crippen LogP contribution in [0, 0.1) is 12.8 Å². The minimum absolute atomic E-state index is 0.642. The van der Waals surface area contributed by atoms with Crippen molar-refractivity contribution in [2.75, 3.05) is 24.5 Å². The SMILES string of the molecule is Cc1ccc(CN2C[C@@H]3CC[C@H]2CN(c2cnccn2)C3)s1. The molecule has 22 heavy (non-hydrogen) atoms. The lowest BCUT2D eigenvalue weighted by atomic mass is 9.95. The Bertz CT molecular complexity index is 627. The van der Waals surface area contributed by atoms with Crippen LogP contribution in [0.2, 0.25) is 0 Å². The monoisotopic (exact) mass is 314 g/mol. The zero-order chi connectivity index (χ0) is 14.9. The highest BCUT2D eigenvalue weighted by Gasteiger charge is 2.35. The van der Waals surface area contributed by atoms with E-state index in [-0.39, 0.29) is 0 Å². The summed E-state index contributed by atoms with van der Waals surface area (Å²) < 4.78 is 0. The quantitative estimate of drug-likeness (QED) is 0.872. The summed E-state index contributed by atoms with van der Waals surface area (Å²) in [6.45, 7) is 6.72. The zero-order valence-corrected chi connectivity index (χ0v) is 13.8. The van der Waals surface area contributed by atoms with E-state index in [1.807, 2.05) is 17.5 Å². The molecule has 2 aromatic rings. The van der Waals surface area contributed by atoms with Crippen LogP contribution in [0.3, 0.4) is 0 Å². The Morgan fingerprint density at radius 1 is 1.18 bits per heavy atom. The maximum atomic E-state index is 4.50. The molecular formula is C17H22N4S. The first-order chi connectivity index (χ1) is 10.8. The van der Waals surface area contributed by atoms with E-state index < -0.39 is 0 Å². The van der Waals surface area contributed by atoms with Gasteiger partial charge in [0.2, 0.25) is 0 Å². The number of hydrogen-bond acceptors (Lipinski definition) is 5. The van der Waals surface area contributed by atoms with E-state index in [9.17, 15) is 0 Å². The van der Waals surface area contributed by atoms with Gasteiger partial charge in [-0.25, -0.2) is 4.98 Å². The van der Waals surface area contributed by atoms with Crippen LogP contribution in [0.25, 0.3) is 0 Å². The van der Waals surface area contributed by atoms with Gasteiger partial charge in [0.25, 0.3) is 0 Å². The van der Waals surface area contributed by atoms with Crippen LogP contribution in [0.15, 0.2) is 30.7 Å². The van der Waals surface area contributed by atoms with Crippen LogP contribution in [0.5, 0.6) is 0 Å². The van der Waals surface area contributed by atoms with Gasteiger partial charge >= 0.3 is 0 Å². The Hall–Kier alpha value is -1.46. The molecule has 2 aromatic heterocycles. The molecule has 5 rings (SSSR count). The molecule has 2 atom stereocenters. The van der Waals surface area contributed by atoms with E-state index in [4.69, 9.17) is 0 Å². The maximum absolute atomic E-state index is 4.50. The van der Waals surface area contributed by atoms with Crippen LogP contribution in [0.4, 0.5) is 5.82 Å². The van der Waals surface area contributed by atoms with Crippen molar-refractivity contribution in [3.8, 4) is 0 Å². The van der Waals surface area contributed by atoms with Crippen molar-refractivity contribution >= 4 is 17.2 Å². The Balaban J connectivity index is 1.51. The molecule has 3 fully saturated rings.